The Balaban J connectivity index is 1.61. The first-order chi connectivity index (χ1) is 20.4. The molecule has 10 heteroatoms. The second kappa shape index (κ2) is 11.9. The zero-order chi connectivity index (χ0) is 29.6. The fraction of sp³-hybridized carbons (Fsp3) is 0. The summed E-state index contributed by atoms with van der Waals surface area (Å²) in [5.41, 5.74) is 0.514. The number of hydrogen-bond acceptors (Lipinski definition) is 6. The molecule has 0 aliphatic carbocycles. The third-order valence-corrected chi connectivity index (χ3v) is 6.43. The lowest BCUT2D eigenvalue weighted by atomic mass is 10.1. The van der Waals surface area contributed by atoms with Gasteiger partial charge in [0.1, 0.15) is 11.4 Å². The highest BCUT2D eigenvalue weighted by molar-refractivity contribution is 6.15. The highest BCUT2D eigenvalue weighted by Crippen LogP contribution is 2.37. The van der Waals surface area contributed by atoms with Gasteiger partial charge in [0.15, 0.2) is 0 Å². The maximum Gasteiger partial charge on any atom is 0.293 e. The van der Waals surface area contributed by atoms with Gasteiger partial charge in [-0.05, 0) is 54.6 Å². The summed E-state index contributed by atoms with van der Waals surface area (Å²) in [6.45, 7) is 0. The number of amides is 2. The first-order valence-electron chi connectivity index (χ1n) is 12.7. The van der Waals surface area contributed by atoms with Crippen molar-refractivity contribution in [2.45, 2.75) is 0 Å². The molecule has 0 aliphatic heterocycles. The van der Waals surface area contributed by atoms with Gasteiger partial charge in [0.25, 0.3) is 23.2 Å². The van der Waals surface area contributed by atoms with Gasteiger partial charge < -0.3 is 0 Å². The molecule has 5 aromatic rings. The molecule has 0 saturated carbocycles. The van der Waals surface area contributed by atoms with Crippen molar-refractivity contribution in [3.05, 3.63) is 165 Å². The average molecular weight is 559 g/mol. The van der Waals surface area contributed by atoms with Crippen molar-refractivity contribution in [3.63, 3.8) is 0 Å². The number of anilines is 4. The van der Waals surface area contributed by atoms with Crippen LogP contribution in [0.15, 0.2) is 133 Å². The van der Waals surface area contributed by atoms with Crippen LogP contribution in [0.3, 0.4) is 0 Å². The van der Waals surface area contributed by atoms with E-state index in [1.807, 2.05) is 0 Å². The average Bonchev–Trinajstić information content (AvgIpc) is 3.02. The maximum absolute atomic E-state index is 14.0. The van der Waals surface area contributed by atoms with E-state index in [1.165, 1.54) is 70.5 Å². The van der Waals surface area contributed by atoms with E-state index < -0.39 is 21.7 Å². The smallest absolute Gasteiger partial charge is 0.270 e. The number of hydrogen-bond donors (Lipinski definition) is 0. The predicted octanol–water partition coefficient (Wildman–Crippen LogP) is 7.46. The third kappa shape index (κ3) is 5.45. The van der Waals surface area contributed by atoms with Crippen molar-refractivity contribution in [2.75, 3.05) is 9.80 Å². The molecule has 206 valence electrons. The first-order valence-corrected chi connectivity index (χ1v) is 12.7. The van der Waals surface area contributed by atoms with Crippen LogP contribution in [0, 0.1) is 20.2 Å². The van der Waals surface area contributed by atoms with Gasteiger partial charge in [-0.3, -0.25) is 39.6 Å². The van der Waals surface area contributed by atoms with Crippen LogP contribution in [0.2, 0.25) is 0 Å². The summed E-state index contributed by atoms with van der Waals surface area (Å²) < 4.78 is 0. The molecule has 42 heavy (non-hydrogen) atoms. The summed E-state index contributed by atoms with van der Waals surface area (Å²) in [6.07, 6.45) is 0. The van der Waals surface area contributed by atoms with Crippen molar-refractivity contribution in [3.8, 4) is 0 Å². The van der Waals surface area contributed by atoms with Crippen molar-refractivity contribution >= 4 is 45.9 Å². The van der Waals surface area contributed by atoms with Gasteiger partial charge >= 0.3 is 0 Å². The quantitative estimate of drug-likeness (QED) is 0.144. The van der Waals surface area contributed by atoms with E-state index in [4.69, 9.17) is 0 Å². The van der Waals surface area contributed by atoms with Crippen LogP contribution in [0.4, 0.5) is 34.1 Å². The first kappa shape index (κ1) is 27.4. The number of rotatable bonds is 8. The van der Waals surface area contributed by atoms with Gasteiger partial charge in [-0.15, -0.1) is 0 Å². The molecule has 0 spiro atoms. The van der Waals surface area contributed by atoms with Crippen LogP contribution in [0.25, 0.3) is 0 Å². The van der Waals surface area contributed by atoms with E-state index in [0.717, 1.165) is 0 Å². The lowest BCUT2D eigenvalue weighted by Crippen LogP contribution is -2.29. The van der Waals surface area contributed by atoms with Crippen LogP contribution in [0.5, 0.6) is 0 Å². The number of carbonyl (C=O) groups is 2. The largest absolute Gasteiger partial charge is 0.293 e. The molecular formula is C32H22N4O6. The van der Waals surface area contributed by atoms with E-state index in [1.54, 1.807) is 72.8 Å². The molecule has 0 radical (unpaired) electrons. The Kier molecular flexibility index (Phi) is 7.78. The third-order valence-electron chi connectivity index (χ3n) is 6.43. The molecule has 2 amide bonds. The molecule has 0 aliphatic rings. The van der Waals surface area contributed by atoms with Crippen molar-refractivity contribution in [1.82, 2.24) is 0 Å². The number of nitro benzene ring substituents is 2. The summed E-state index contributed by atoms with van der Waals surface area (Å²) in [6, 6.07) is 34.6. The minimum Gasteiger partial charge on any atom is -0.270 e. The fourth-order valence-electron chi connectivity index (χ4n) is 4.54. The fourth-order valence-corrected chi connectivity index (χ4v) is 4.54. The number of nitro groups is 2. The summed E-state index contributed by atoms with van der Waals surface area (Å²) in [5, 5.41) is 23.7. The molecule has 0 heterocycles. The summed E-state index contributed by atoms with van der Waals surface area (Å²) in [5.74, 6) is -1.22. The minimum absolute atomic E-state index is 0.0567. The van der Waals surface area contributed by atoms with Crippen molar-refractivity contribution < 1.29 is 19.4 Å². The molecule has 0 N–H and O–H groups in total. The molecule has 0 atom stereocenters. The topological polar surface area (TPSA) is 127 Å². The summed E-state index contributed by atoms with van der Waals surface area (Å²) in [4.78, 5) is 53.1. The SMILES string of the molecule is O=C(c1cccc(C(=O)N(c2ccccc2)c2ccccc2[N+](=O)[O-])c1)N(c1ccccc1)c1ccccc1[N+](=O)[O-]. The highest BCUT2D eigenvalue weighted by atomic mass is 16.6. The number of carbonyl (C=O) groups excluding carboxylic acids is 2. The van der Waals surface area contributed by atoms with Gasteiger partial charge in [0, 0.05) is 34.6 Å². The maximum atomic E-state index is 14.0. The molecule has 5 rings (SSSR count). The van der Waals surface area contributed by atoms with Gasteiger partial charge in [-0.1, -0.05) is 66.7 Å². The highest BCUT2D eigenvalue weighted by Gasteiger charge is 2.29. The zero-order valence-electron chi connectivity index (χ0n) is 21.9. The second-order valence-electron chi connectivity index (χ2n) is 9.02. The second-order valence-corrected chi connectivity index (χ2v) is 9.02. The summed E-state index contributed by atoms with van der Waals surface area (Å²) >= 11 is 0. The lowest BCUT2D eigenvalue weighted by molar-refractivity contribution is -0.384. The Morgan fingerprint density at radius 1 is 0.476 bits per heavy atom. The van der Waals surface area contributed by atoms with E-state index in [-0.39, 0.29) is 33.9 Å². The van der Waals surface area contributed by atoms with Gasteiger partial charge in [-0.25, -0.2) is 0 Å². The summed E-state index contributed by atoms with van der Waals surface area (Å²) in [7, 11) is 0. The van der Waals surface area contributed by atoms with E-state index in [0.29, 0.717) is 11.4 Å². The van der Waals surface area contributed by atoms with E-state index in [9.17, 15) is 29.8 Å². The standard InChI is InChI=1S/C32H22N4O6/c37-31(33(25-14-3-1-4-15-25)27-18-7-9-20-29(27)35(39)40)23-12-11-13-24(22-23)32(38)34(26-16-5-2-6-17-26)28-19-8-10-21-30(28)36(41)42/h1-22H. The van der Waals surface area contributed by atoms with Crippen LogP contribution in [0.1, 0.15) is 20.7 Å². The Morgan fingerprint density at radius 3 is 1.21 bits per heavy atom. The van der Waals surface area contributed by atoms with Gasteiger partial charge in [0.05, 0.1) is 9.85 Å². The van der Waals surface area contributed by atoms with Gasteiger partial charge in [-0.2, -0.15) is 0 Å². The van der Waals surface area contributed by atoms with Crippen molar-refractivity contribution in [1.29, 1.82) is 0 Å². The lowest BCUT2D eigenvalue weighted by Gasteiger charge is -2.24. The van der Waals surface area contributed by atoms with Crippen LogP contribution < -0.4 is 9.80 Å². The molecule has 0 aromatic heterocycles. The number of nitrogens with zero attached hydrogens (tertiary/aromatic N) is 4. The van der Waals surface area contributed by atoms with Crippen molar-refractivity contribution in [2.24, 2.45) is 0 Å². The molecule has 0 fully saturated rings. The molecule has 5 aromatic carbocycles. The van der Waals surface area contributed by atoms with Crippen LogP contribution in [-0.4, -0.2) is 21.7 Å². The Morgan fingerprint density at radius 2 is 0.833 bits per heavy atom. The monoisotopic (exact) mass is 558 g/mol. The van der Waals surface area contributed by atoms with Gasteiger partial charge in [0.2, 0.25) is 0 Å². The normalized spacial score (nSPS) is 10.5. The predicted molar refractivity (Wildman–Crippen MR) is 158 cm³/mol. The molecule has 10 nitrogen and oxygen atoms in total. The number of para-hydroxylation sites is 6. The van der Waals surface area contributed by atoms with E-state index in [2.05, 4.69) is 0 Å². The number of benzene rings is 5. The Labute approximate surface area is 240 Å². The Hall–Kier alpha value is -6.16. The van der Waals surface area contributed by atoms with Crippen LogP contribution in [-0.2, 0) is 0 Å². The van der Waals surface area contributed by atoms with E-state index >= 15 is 0 Å². The molecule has 0 unspecified atom stereocenters. The molecule has 0 saturated heterocycles. The molecular weight excluding hydrogens is 536 g/mol. The van der Waals surface area contributed by atoms with Crippen LogP contribution >= 0.6 is 0 Å². The molecule has 0 bridgehead atoms. The minimum atomic E-state index is -0.609. The Bertz CT molecular complexity index is 1670. The zero-order valence-corrected chi connectivity index (χ0v) is 21.9.